The van der Waals surface area contributed by atoms with E-state index in [-0.39, 0.29) is 33.9 Å². The highest BCUT2D eigenvalue weighted by Gasteiger charge is 2.40. The Labute approximate surface area is 154 Å². The second-order valence-electron chi connectivity index (χ2n) is 7.26. The first kappa shape index (κ1) is 18.7. The predicted molar refractivity (Wildman–Crippen MR) is 98.1 cm³/mol. The van der Waals surface area contributed by atoms with E-state index in [1.165, 1.54) is 6.07 Å². The number of sulfone groups is 1. The van der Waals surface area contributed by atoms with E-state index in [1.807, 2.05) is 0 Å². The minimum atomic E-state index is -3.34. The Kier molecular flexibility index (Phi) is 5.71. The Balaban J connectivity index is 1.48. The van der Waals surface area contributed by atoms with Crippen molar-refractivity contribution in [2.75, 3.05) is 6.54 Å². The van der Waals surface area contributed by atoms with Gasteiger partial charge in [-0.1, -0.05) is 30.5 Å². The smallest absolute Gasteiger partial charge is 0.224 e. The molecule has 138 valence electrons. The molecular weight excluding hydrogens is 360 g/mol. The van der Waals surface area contributed by atoms with E-state index in [4.69, 9.17) is 17.3 Å². The van der Waals surface area contributed by atoms with Crippen molar-refractivity contribution in [3.8, 4) is 0 Å². The Morgan fingerprint density at radius 1 is 1.24 bits per heavy atom. The number of nitrogens with one attached hydrogen (secondary N) is 1. The maximum absolute atomic E-state index is 12.6. The van der Waals surface area contributed by atoms with Gasteiger partial charge in [-0.2, -0.15) is 0 Å². The number of carbonyl (C=O) groups is 1. The topological polar surface area (TPSA) is 89.3 Å². The number of hydrogen-bond donors (Lipinski definition) is 2. The molecule has 1 amide bonds. The second kappa shape index (κ2) is 7.64. The zero-order chi connectivity index (χ0) is 18.0. The van der Waals surface area contributed by atoms with E-state index in [0.717, 1.165) is 25.7 Å². The minimum Gasteiger partial charge on any atom is -0.356 e. The monoisotopic (exact) mass is 384 g/mol. The first-order valence-corrected chi connectivity index (χ1v) is 10.8. The van der Waals surface area contributed by atoms with Gasteiger partial charge in [0.25, 0.3) is 0 Å². The molecule has 0 bridgehead atoms. The molecule has 0 spiro atoms. The molecule has 1 aromatic rings. The van der Waals surface area contributed by atoms with Crippen LogP contribution in [0, 0.1) is 11.8 Å². The average molecular weight is 385 g/mol. The number of carbonyl (C=O) groups excluding carboxylic acids is 1. The quantitative estimate of drug-likeness (QED) is 0.816. The van der Waals surface area contributed by atoms with Crippen molar-refractivity contribution >= 4 is 27.3 Å². The van der Waals surface area contributed by atoms with Gasteiger partial charge < -0.3 is 11.1 Å². The summed E-state index contributed by atoms with van der Waals surface area (Å²) in [5.41, 5.74) is 6.04. The van der Waals surface area contributed by atoms with Crippen LogP contribution in [-0.4, -0.2) is 32.2 Å². The Hall–Kier alpha value is -1.11. The van der Waals surface area contributed by atoms with Gasteiger partial charge >= 0.3 is 0 Å². The molecular formula is C18H25ClN2O3S. The lowest BCUT2D eigenvalue weighted by Crippen LogP contribution is -2.47. The summed E-state index contributed by atoms with van der Waals surface area (Å²) in [6.07, 6.45) is 5.05. The standard InChI is InChI=1S/C18H25ClN2O3S/c19-13-4-3-5-14(10-13)25(23,24)15-8-12(9-15)11-21-18(22)16-6-1-2-7-17(16)20/h3-5,10,12,15-17H,1-2,6-9,11,20H2,(H,21,22)/t12-,15-,16-,17+/m1/s1. The molecule has 2 atom stereocenters. The molecule has 0 aromatic heterocycles. The Morgan fingerprint density at radius 3 is 2.64 bits per heavy atom. The molecule has 0 heterocycles. The first-order chi connectivity index (χ1) is 11.9. The Morgan fingerprint density at radius 2 is 1.96 bits per heavy atom. The zero-order valence-corrected chi connectivity index (χ0v) is 15.7. The summed E-state index contributed by atoms with van der Waals surface area (Å²) in [4.78, 5) is 12.5. The molecule has 2 aliphatic rings. The summed E-state index contributed by atoms with van der Waals surface area (Å²) >= 11 is 5.89. The van der Waals surface area contributed by atoms with Crippen LogP contribution in [0.25, 0.3) is 0 Å². The molecule has 0 aliphatic heterocycles. The molecule has 2 aliphatic carbocycles. The van der Waals surface area contributed by atoms with E-state index in [9.17, 15) is 13.2 Å². The van der Waals surface area contributed by atoms with Crippen molar-refractivity contribution in [1.29, 1.82) is 0 Å². The highest BCUT2D eigenvalue weighted by atomic mass is 35.5. The number of nitrogens with two attached hydrogens (primary N) is 1. The summed E-state index contributed by atoms with van der Waals surface area (Å²) in [6, 6.07) is 6.34. The van der Waals surface area contributed by atoms with Crippen LogP contribution in [0.1, 0.15) is 38.5 Å². The van der Waals surface area contributed by atoms with Crippen molar-refractivity contribution in [3.63, 3.8) is 0 Å². The Bertz CT molecular complexity index is 732. The van der Waals surface area contributed by atoms with E-state index in [0.29, 0.717) is 24.4 Å². The maximum Gasteiger partial charge on any atom is 0.224 e. The van der Waals surface area contributed by atoms with Gasteiger partial charge in [-0.3, -0.25) is 4.79 Å². The fourth-order valence-electron chi connectivity index (χ4n) is 3.79. The highest BCUT2D eigenvalue weighted by molar-refractivity contribution is 7.92. The predicted octanol–water partition coefficient (Wildman–Crippen LogP) is 2.53. The van der Waals surface area contributed by atoms with Gasteiger partial charge in [0.1, 0.15) is 0 Å². The van der Waals surface area contributed by atoms with Gasteiger partial charge in [0.2, 0.25) is 5.91 Å². The van der Waals surface area contributed by atoms with Crippen LogP contribution in [0.4, 0.5) is 0 Å². The third-order valence-corrected chi connectivity index (χ3v) is 7.89. The zero-order valence-electron chi connectivity index (χ0n) is 14.2. The SMILES string of the molecule is N[C@H]1CCCC[C@H]1C(=O)NC[C@H]1C[C@H](S(=O)(=O)c2cccc(Cl)c2)C1. The van der Waals surface area contributed by atoms with Crippen LogP contribution >= 0.6 is 11.6 Å². The number of hydrogen-bond acceptors (Lipinski definition) is 4. The molecule has 25 heavy (non-hydrogen) atoms. The third kappa shape index (κ3) is 4.18. The van der Waals surface area contributed by atoms with Crippen LogP contribution in [0.2, 0.25) is 5.02 Å². The van der Waals surface area contributed by atoms with Gasteiger partial charge in [0.05, 0.1) is 16.1 Å². The van der Waals surface area contributed by atoms with Crippen molar-refractivity contribution in [2.24, 2.45) is 17.6 Å². The summed E-state index contributed by atoms with van der Waals surface area (Å²) < 4.78 is 25.2. The van der Waals surface area contributed by atoms with Crippen molar-refractivity contribution < 1.29 is 13.2 Å². The molecule has 1 aromatic carbocycles. The molecule has 3 rings (SSSR count). The molecule has 3 N–H and O–H groups in total. The van der Waals surface area contributed by atoms with E-state index in [2.05, 4.69) is 5.32 Å². The number of benzene rings is 1. The fraction of sp³-hybridized carbons (Fsp3) is 0.611. The molecule has 2 saturated carbocycles. The molecule has 0 saturated heterocycles. The van der Waals surface area contributed by atoms with Gasteiger partial charge in [-0.25, -0.2) is 8.42 Å². The third-order valence-electron chi connectivity index (χ3n) is 5.48. The molecule has 0 radical (unpaired) electrons. The highest BCUT2D eigenvalue weighted by Crippen LogP contribution is 2.36. The normalized spacial score (nSPS) is 29.7. The molecule has 7 heteroatoms. The fourth-order valence-corrected chi connectivity index (χ4v) is 6.04. The van der Waals surface area contributed by atoms with Crippen molar-refractivity contribution in [2.45, 2.75) is 54.7 Å². The molecule has 5 nitrogen and oxygen atoms in total. The van der Waals surface area contributed by atoms with Crippen LogP contribution in [0.15, 0.2) is 29.2 Å². The van der Waals surface area contributed by atoms with Gasteiger partial charge in [-0.05, 0) is 49.8 Å². The average Bonchev–Trinajstić information content (AvgIpc) is 2.53. The largest absolute Gasteiger partial charge is 0.356 e. The van der Waals surface area contributed by atoms with Crippen LogP contribution < -0.4 is 11.1 Å². The lowest BCUT2D eigenvalue weighted by Gasteiger charge is -2.35. The molecule has 2 fully saturated rings. The lowest BCUT2D eigenvalue weighted by atomic mass is 9.83. The van der Waals surface area contributed by atoms with Gasteiger partial charge in [0.15, 0.2) is 9.84 Å². The van der Waals surface area contributed by atoms with Crippen molar-refractivity contribution in [3.05, 3.63) is 29.3 Å². The van der Waals surface area contributed by atoms with Gasteiger partial charge in [-0.15, -0.1) is 0 Å². The summed E-state index contributed by atoms with van der Waals surface area (Å²) in [5, 5.41) is 3.01. The number of rotatable bonds is 5. The molecule has 0 unspecified atom stereocenters. The maximum atomic E-state index is 12.6. The second-order valence-corrected chi connectivity index (χ2v) is 9.93. The van der Waals surface area contributed by atoms with E-state index < -0.39 is 9.84 Å². The van der Waals surface area contributed by atoms with E-state index in [1.54, 1.807) is 18.2 Å². The number of amides is 1. The summed E-state index contributed by atoms with van der Waals surface area (Å²) in [5.74, 6) is 0.135. The minimum absolute atomic E-state index is 0.0216. The van der Waals surface area contributed by atoms with Crippen LogP contribution in [0.3, 0.4) is 0 Å². The first-order valence-electron chi connectivity index (χ1n) is 8.90. The van der Waals surface area contributed by atoms with Crippen molar-refractivity contribution in [1.82, 2.24) is 5.32 Å². The van der Waals surface area contributed by atoms with E-state index >= 15 is 0 Å². The summed E-state index contributed by atoms with van der Waals surface area (Å²) in [7, 11) is -3.34. The van der Waals surface area contributed by atoms with Crippen LogP contribution in [-0.2, 0) is 14.6 Å². The van der Waals surface area contributed by atoms with Crippen LogP contribution in [0.5, 0.6) is 0 Å². The lowest BCUT2D eigenvalue weighted by molar-refractivity contribution is -0.126. The summed E-state index contributed by atoms with van der Waals surface area (Å²) in [6.45, 7) is 0.531. The van der Waals surface area contributed by atoms with Gasteiger partial charge in [0, 0.05) is 17.6 Å². The number of halogens is 1.